The van der Waals surface area contributed by atoms with Gasteiger partial charge in [0.05, 0.1) is 13.2 Å². The summed E-state index contributed by atoms with van der Waals surface area (Å²) < 4.78 is 0. The molecule has 1 aromatic rings. The minimum atomic E-state index is -0.884. The Bertz CT molecular complexity index is 696. The van der Waals surface area contributed by atoms with Crippen LogP contribution < -0.4 is 32.5 Å². The predicted octanol–water partition coefficient (Wildman–Crippen LogP) is -1.52. The molecule has 0 fully saturated rings. The number of hydrogen-bond acceptors (Lipinski definition) is 6. The minimum absolute atomic E-state index is 0.155. The van der Waals surface area contributed by atoms with Crippen molar-refractivity contribution in [2.45, 2.75) is 25.5 Å². The summed E-state index contributed by atoms with van der Waals surface area (Å²) in [6.45, 7) is 0.129. The molecule has 0 aromatic heterocycles. The van der Waals surface area contributed by atoms with Crippen LogP contribution in [-0.4, -0.2) is 49.8 Å². The molecule has 0 spiro atoms. The van der Waals surface area contributed by atoms with Crippen LogP contribution >= 0.6 is 0 Å². The Kier molecular flexibility index (Phi) is 10.9. The van der Waals surface area contributed by atoms with E-state index in [1.165, 1.54) is 0 Å². The lowest BCUT2D eigenvalue weighted by molar-refractivity contribution is -0.126. The monoisotopic (exact) mass is 408 g/mol. The maximum absolute atomic E-state index is 12.5. The summed E-state index contributed by atoms with van der Waals surface area (Å²) >= 11 is 0. The third-order valence-corrected chi connectivity index (χ3v) is 3.56. The summed E-state index contributed by atoms with van der Waals surface area (Å²) in [4.78, 5) is 60.4. The van der Waals surface area contributed by atoms with E-state index < -0.39 is 23.9 Å². The summed E-state index contributed by atoms with van der Waals surface area (Å²) in [6, 6.07) is 5.10. The van der Waals surface area contributed by atoms with E-state index in [0.29, 0.717) is 24.9 Å². The zero-order valence-electron chi connectivity index (χ0n) is 15.6. The molecular weight excluding hydrogens is 384 g/mol. The molecule has 29 heavy (non-hydrogen) atoms. The topological polar surface area (TPSA) is 181 Å². The fourth-order valence-electron chi connectivity index (χ4n) is 2.24. The number of rotatable bonds is 14. The number of hydrogen-bond donors (Lipinski definition) is 6. The van der Waals surface area contributed by atoms with Crippen LogP contribution in [0.15, 0.2) is 24.3 Å². The van der Waals surface area contributed by atoms with Crippen molar-refractivity contribution >= 4 is 36.4 Å². The second-order valence-corrected chi connectivity index (χ2v) is 5.76. The molecular formula is C17H24N6O6. The highest BCUT2D eigenvalue weighted by atomic mass is 16.6. The lowest BCUT2D eigenvalue weighted by Gasteiger charge is -2.18. The van der Waals surface area contributed by atoms with Crippen LogP contribution in [0, 0.1) is 0 Å². The number of primary amides is 1. The Balaban J connectivity index is 2.65. The average molecular weight is 408 g/mol. The first kappa shape index (κ1) is 23.4. The molecule has 0 saturated heterocycles. The molecule has 1 aromatic carbocycles. The molecule has 0 saturated carbocycles. The fourth-order valence-corrected chi connectivity index (χ4v) is 2.24. The van der Waals surface area contributed by atoms with Gasteiger partial charge in [-0.2, -0.15) is 0 Å². The van der Waals surface area contributed by atoms with Gasteiger partial charge in [0.25, 0.3) is 0 Å². The van der Waals surface area contributed by atoms with Gasteiger partial charge in [0.1, 0.15) is 6.04 Å². The highest BCUT2D eigenvalue weighted by molar-refractivity contribution is 5.97. The van der Waals surface area contributed by atoms with Crippen molar-refractivity contribution in [1.29, 1.82) is 0 Å². The van der Waals surface area contributed by atoms with E-state index in [2.05, 4.69) is 26.7 Å². The van der Waals surface area contributed by atoms with Gasteiger partial charge in [-0.15, -0.1) is 0 Å². The molecule has 1 atom stereocenters. The predicted molar refractivity (Wildman–Crippen MR) is 102 cm³/mol. The smallest absolute Gasteiger partial charge is 0.312 e. The number of carbonyl (C=O) groups is 5. The van der Waals surface area contributed by atoms with Crippen molar-refractivity contribution < 1.29 is 28.8 Å². The Labute approximate surface area is 166 Å². The molecule has 0 radical (unpaired) electrons. The third kappa shape index (κ3) is 10.3. The molecule has 12 heteroatoms. The van der Waals surface area contributed by atoms with E-state index in [0.717, 1.165) is 5.56 Å². The molecule has 6 amide bonds. The van der Waals surface area contributed by atoms with Crippen molar-refractivity contribution in [1.82, 2.24) is 21.4 Å². The van der Waals surface area contributed by atoms with Crippen LogP contribution in [0.5, 0.6) is 0 Å². The first-order valence-electron chi connectivity index (χ1n) is 8.66. The highest BCUT2D eigenvalue weighted by Gasteiger charge is 2.20. The first-order valence-corrected chi connectivity index (χ1v) is 8.66. The molecule has 0 aliphatic heterocycles. The molecule has 0 heterocycles. The molecule has 0 bridgehead atoms. The van der Waals surface area contributed by atoms with Gasteiger partial charge < -0.3 is 27.0 Å². The van der Waals surface area contributed by atoms with Gasteiger partial charge in [-0.3, -0.25) is 24.0 Å². The van der Waals surface area contributed by atoms with Crippen molar-refractivity contribution in [2.24, 2.45) is 5.73 Å². The van der Waals surface area contributed by atoms with Gasteiger partial charge in [0.15, 0.2) is 0 Å². The van der Waals surface area contributed by atoms with Crippen molar-refractivity contribution in [3.8, 4) is 0 Å². The van der Waals surface area contributed by atoms with E-state index in [1.807, 2.05) is 0 Å². The quantitative estimate of drug-likeness (QED) is 0.123. The minimum Gasteiger partial charge on any atom is -0.352 e. The standard InChI is InChI=1S/C17H24N6O6/c18-17(28)20-7-1-2-14(23-15(26)8-19-10-24)16(27)22-13-5-3-12(4-6-13)9-29-21-11-25/h3-6,10-11,14H,1-2,7-9H2,(H,19,24)(H,21,25)(H,22,27)(H,23,26)(H3,18,20,28). The zero-order chi connectivity index (χ0) is 21.5. The molecule has 7 N–H and O–H groups in total. The van der Waals surface area contributed by atoms with Gasteiger partial charge in [0.2, 0.25) is 24.6 Å². The van der Waals surface area contributed by atoms with Crippen molar-refractivity contribution in [2.75, 3.05) is 18.4 Å². The van der Waals surface area contributed by atoms with Crippen LogP contribution in [0.25, 0.3) is 0 Å². The zero-order valence-corrected chi connectivity index (χ0v) is 15.6. The number of benzene rings is 1. The number of carbonyl (C=O) groups excluding carboxylic acids is 5. The lowest BCUT2D eigenvalue weighted by atomic mass is 10.1. The van der Waals surface area contributed by atoms with Crippen molar-refractivity contribution in [3.63, 3.8) is 0 Å². The van der Waals surface area contributed by atoms with Crippen LogP contribution in [0.3, 0.4) is 0 Å². The second-order valence-electron chi connectivity index (χ2n) is 5.76. The Morgan fingerprint density at radius 3 is 2.45 bits per heavy atom. The van der Waals surface area contributed by atoms with E-state index in [1.54, 1.807) is 24.3 Å². The van der Waals surface area contributed by atoms with E-state index in [9.17, 15) is 24.0 Å². The Hall–Kier alpha value is -3.67. The van der Waals surface area contributed by atoms with E-state index >= 15 is 0 Å². The number of amides is 6. The number of urea groups is 1. The van der Waals surface area contributed by atoms with Crippen molar-refractivity contribution in [3.05, 3.63) is 29.8 Å². The van der Waals surface area contributed by atoms with Crippen LogP contribution in [0.2, 0.25) is 0 Å². The van der Waals surface area contributed by atoms with Gasteiger partial charge in [0, 0.05) is 12.2 Å². The van der Waals surface area contributed by atoms with Crippen LogP contribution in [0.4, 0.5) is 10.5 Å². The third-order valence-electron chi connectivity index (χ3n) is 3.56. The number of hydroxylamine groups is 1. The maximum Gasteiger partial charge on any atom is 0.312 e. The average Bonchev–Trinajstić information content (AvgIpc) is 2.70. The first-order chi connectivity index (χ1) is 14.0. The van der Waals surface area contributed by atoms with E-state index in [4.69, 9.17) is 10.6 Å². The number of nitrogens with two attached hydrogens (primary N) is 1. The molecule has 1 unspecified atom stereocenters. The largest absolute Gasteiger partial charge is 0.352 e. The second kappa shape index (κ2) is 13.5. The molecule has 1 rings (SSSR count). The normalized spacial score (nSPS) is 10.9. The van der Waals surface area contributed by atoms with Gasteiger partial charge in [-0.1, -0.05) is 12.1 Å². The molecule has 12 nitrogen and oxygen atoms in total. The molecule has 158 valence electrons. The SMILES string of the molecule is NC(=O)NCCCC(NC(=O)CNC=O)C(=O)Nc1ccc(CONC=O)cc1. The molecule has 0 aliphatic rings. The summed E-state index contributed by atoms with van der Waals surface area (Å²) in [5, 5.41) is 9.82. The Morgan fingerprint density at radius 2 is 1.83 bits per heavy atom. The number of anilines is 1. The number of nitrogens with one attached hydrogen (secondary N) is 5. The molecule has 0 aliphatic carbocycles. The summed E-state index contributed by atoms with van der Waals surface area (Å²) in [6.07, 6.45) is 1.42. The summed E-state index contributed by atoms with van der Waals surface area (Å²) in [5.74, 6) is -0.995. The van der Waals surface area contributed by atoms with Crippen LogP contribution in [-0.2, 0) is 30.6 Å². The van der Waals surface area contributed by atoms with Crippen LogP contribution in [0.1, 0.15) is 18.4 Å². The van der Waals surface area contributed by atoms with Gasteiger partial charge in [-0.25, -0.2) is 10.3 Å². The van der Waals surface area contributed by atoms with E-state index in [-0.39, 0.29) is 26.1 Å². The summed E-state index contributed by atoms with van der Waals surface area (Å²) in [5.41, 5.74) is 8.31. The van der Waals surface area contributed by atoms with Gasteiger partial charge >= 0.3 is 6.03 Å². The maximum atomic E-state index is 12.5. The fraction of sp³-hybridized carbons (Fsp3) is 0.353. The highest BCUT2D eigenvalue weighted by Crippen LogP contribution is 2.11. The van der Waals surface area contributed by atoms with Gasteiger partial charge in [-0.05, 0) is 30.5 Å². The lowest BCUT2D eigenvalue weighted by Crippen LogP contribution is -2.47. The Morgan fingerprint density at radius 1 is 1.10 bits per heavy atom. The summed E-state index contributed by atoms with van der Waals surface area (Å²) in [7, 11) is 0.